The van der Waals surface area contributed by atoms with Crippen LogP contribution in [0.15, 0.2) is 64.8 Å². The predicted molar refractivity (Wildman–Crippen MR) is 107 cm³/mol. The van der Waals surface area contributed by atoms with Crippen molar-refractivity contribution in [3.05, 3.63) is 71.0 Å². The molecule has 0 saturated carbocycles. The molecule has 24 heavy (non-hydrogen) atoms. The molecule has 2 aliphatic rings. The third-order valence-electron chi connectivity index (χ3n) is 4.32. The lowest BCUT2D eigenvalue weighted by molar-refractivity contribution is -0.111. The van der Waals surface area contributed by atoms with Crippen LogP contribution in [0.2, 0.25) is 0 Å². The monoisotopic (exact) mass is 447 g/mol. The van der Waals surface area contributed by atoms with Crippen molar-refractivity contribution in [1.82, 2.24) is 0 Å². The zero-order valence-corrected chi connectivity index (χ0v) is 17.1. The molecule has 4 heteroatoms. The van der Waals surface area contributed by atoms with Crippen molar-refractivity contribution in [3.8, 4) is 0 Å². The summed E-state index contributed by atoms with van der Waals surface area (Å²) in [5.41, 5.74) is 5.13. The zero-order chi connectivity index (χ0) is 17.5. The van der Waals surface area contributed by atoms with E-state index in [1.807, 2.05) is 0 Å². The topological polar surface area (TPSA) is 29.4 Å². The predicted octanol–water partition coefficient (Wildman–Crippen LogP) is 5.59. The summed E-state index contributed by atoms with van der Waals surface area (Å²) in [6.07, 6.45) is 8.10. The number of allylic oxidation sites excluding steroid dienone is 5. The molecule has 124 valence electrons. The van der Waals surface area contributed by atoms with Crippen molar-refractivity contribution in [2.75, 3.05) is 0 Å². The summed E-state index contributed by atoms with van der Waals surface area (Å²) >= 11 is 6.54. The molecule has 0 aromatic heterocycles. The average molecular weight is 449 g/mol. The first-order valence-corrected chi connectivity index (χ1v) is 9.72. The van der Waals surface area contributed by atoms with Crippen LogP contribution in [-0.4, -0.2) is 15.2 Å². The van der Waals surface area contributed by atoms with E-state index in [0.29, 0.717) is 5.71 Å². The minimum absolute atomic E-state index is 0.0513. The van der Waals surface area contributed by atoms with Gasteiger partial charge in [-0.1, -0.05) is 95.1 Å². The van der Waals surface area contributed by atoms with Crippen LogP contribution in [0.4, 0.5) is 0 Å². The van der Waals surface area contributed by atoms with Gasteiger partial charge in [0.25, 0.3) is 0 Å². The minimum Gasteiger partial charge on any atom is -0.290 e. The van der Waals surface area contributed by atoms with Crippen molar-refractivity contribution in [2.24, 2.45) is 4.99 Å². The molecule has 0 fully saturated rings. The van der Waals surface area contributed by atoms with Gasteiger partial charge in [-0.05, 0) is 16.5 Å². The van der Waals surface area contributed by atoms with Crippen molar-refractivity contribution in [1.29, 1.82) is 0 Å². The molecule has 0 N–H and O–H groups in total. The number of carbonyl (C=O) groups is 1. The number of halogens is 2. The lowest BCUT2D eigenvalue weighted by atomic mass is 9.83. The molecule has 1 aliphatic heterocycles. The second-order valence-electron chi connectivity index (χ2n) is 7.06. The molecule has 0 spiro atoms. The molecule has 0 bridgehead atoms. The molecular weight excluding hydrogens is 430 g/mol. The molecule has 0 amide bonds. The molecule has 1 aromatic rings. The fourth-order valence-corrected chi connectivity index (χ4v) is 3.31. The number of benzene rings is 1. The standard InChI is InChI=1S/C20H19Br2NO/c1-20(2,3)15-8-6-12(7-9-15)13-4-5-14-11-23-17(16(14)10-13)18(24)19(21)22/h4-11,13,19H,1-3H3. The first-order chi connectivity index (χ1) is 11.3. The number of alkyl halides is 2. The van der Waals surface area contributed by atoms with E-state index in [1.54, 1.807) is 6.20 Å². The van der Waals surface area contributed by atoms with Crippen LogP contribution in [0.3, 0.4) is 0 Å². The van der Waals surface area contributed by atoms with E-state index in [9.17, 15) is 4.79 Å². The lowest BCUT2D eigenvalue weighted by Gasteiger charge is -2.21. The molecular formula is C20H19Br2NO. The number of hydrogen-bond acceptors (Lipinski definition) is 2. The van der Waals surface area contributed by atoms with Crippen LogP contribution in [0.25, 0.3) is 0 Å². The van der Waals surface area contributed by atoms with Gasteiger partial charge in [-0.2, -0.15) is 0 Å². The molecule has 2 nitrogen and oxygen atoms in total. The Labute approximate surface area is 159 Å². The average Bonchev–Trinajstić information content (AvgIpc) is 2.96. The van der Waals surface area contributed by atoms with Gasteiger partial charge in [-0.3, -0.25) is 9.79 Å². The van der Waals surface area contributed by atoms with Crippen molar-refractivity contribution >= 4 is 43.4 Å². The van der Waals surface area contributed by atoms with Gasteiger partial charge in [-0.25, -0.2) is 0 Å². The minimum atomic E-state index is -0.409. The Hall–Kier alpha value is -1.26. The zero-order valence-electron chi connectivity index (χ0n) is 13.9. The summed E-state index contributed by atoms with van der Waals surface area (Å²) in [4.78, 5) is 16.6. The van der Waals surface area contributed by atoms with Gasteiger partial charge in [-0.15, -0.1) is 0 Å². The highest BCUT2D eigenvalue weighted by Gasteiger charge is 2.28. The fraction of sp³-hybridized carbons (Fsp3) is 0.300. The van der Waals surface area contributed by atoms with E-state index in [0.717, 1.165) is 11.1 Å². The Morgan fingerprint density at radius 2 is 1.83 bits per heavy atom. The molecule has 1 atom stereocenters. The van der Waals surface area contributed by atoms with Crippen LogP contribution in [-0.2, 0) is 10.2 Å². The van der Waals surface area contributed by atoms with E-state index >= 15 is 0 Å². The smallest absolute Gasteiger partial charge is 0.206 e. The first-order valence-electron chi connectivity index (χ1n) is 7.89. The van der Waals surface area contributed by atoms with Crippen LogP contribution in [0.5, 0.6) is 0 Å². The second-order valence-corrected chi connectivity index (χ2v) is 10.1. The molecule has 3 rings (SSSR count). The Balaban J connectivity index is 1.89. The van der Waals surface area contributed by atoms with Crippen LogP contribution >= 0.6 is 31.9 Å². The summed E-state index contributed by atoms with van der Waals surface area (Å²) < 4.78 is -0.409. The van der Waals surface area contributed by atoms with Gasteiger partial charge in [0.1, 0.15) is 9.45 Å². The molecule has 1 unspecified atom stereocenters. The van der Waals surface area contributed by atoms with Gasteiger partial charge in [0, 0.05) is 23.3 Å². The fourth-order valence-electron chi connectivity index (χ4n) is 2.87. The Kier molecular flexibility index (Phi) is 4.80. The highest BCUT2D eigenvalue weighted by atomic mass is 79.9. The number of ketones is 1. The normalized spacial score (nSPS) is 19.8. The van der Waals surface area contributed by atoms with E-state index in [4.69, 9.17) is 0 Å². The third kappa shape index (κ3) is 3.40. The summed E-state index contributed by atoms with van der Waals surface area (Å²) in [6.45, 7) is 6.64. The van der Waals surface area contributed by atoms with Crippen LogP contribution in [0.1, 0.15) is 37.8 Å². The van der Waals surface area contributed by atoms with Crippen LogP contribution in [0, 0.1) is 0 Å². The van der Waals surface area contributed by atoms with Crippen molar-refractivity contribution < 1.29 is 4.79 Å². The summed E-state index contributed by atoms with van der Waals surface area (Å²) in [7, 11) is 0. The number of aliphatic imine (C=N–C) groups is 1. The number of Topliss-reactive ketones (excluding diaryl/α,β-unsaturated/α-hetero) is 1. The maximum Gasteiger partial charge on any atom is 0.206 e. The van der Waals surface area contributed by atoms with Gasteiger partial charge in [0.2, 0.25) is 5.78 Å². The Bertz CT molecular complexity index is 790. The number of hydrogen-bond donors (Lipinski definition) is 0. The van der Waals surface area contributed by atoms with Gasteiger partial charge in [0.05, 0.1) is 0 Å². The van der Waals surface area contributed by atoms with E-state index in [1.165, 1.54) is 11.1 Å². The number of nitrogens with zero attached hydrogens (tertiary/aromatic N) is 1. The molecule has 0 radical (unpaired) electrons. The maximum absolute atomic E-state index is 12.3. The molecule has 1 aliphatic carbocycles. The first kappa shape index (κ1) is 17.6. The quantitative estimate of drug-likeness (QED) is 0.554. The largest absolute Gasteiger partial charge is 0.290 e. The number of carbonyl (C=O) groups excluding carboxylic acids is 1. The number of fused-ring (bicyclic) bond motifs is 1. The highest BCUT2D eigenvalue weighted by molar-refractivity contribution is 9.25. The van der Waals surface area contributed by atoms with Crippen molar-refractivity contribution in [3.63, 3.8) is 0 Å². The Morgan fingerprint density at radius 1 is 1.17 bits per heavy atom. The SMILES string of the molecule is CC(C)(C)c1ccc(C2C=CC3=CN=C(C(=O)C(Br)Br)C3=C2)cc1. The maximum atomic E-state index is 12.3. The molecule has 0 saturated heterocycles. The Morgan fingerprint density at radius 3 is 2.42 bits per heavy atom. The molecule has 1 heterocycles. The third-order valence-corrected chi connectivity index (χ3v) is 5.15. The van der Waals surface area contributed by atoms with E-state index in [-0.39, 0.29) is 17.1 Å². The van der Waals surface area contributed by atoms with E-state index < -0.39 is 3.74 Å². The summed E-state index contributed by atoms with van der Waals surface area (Å²) in [6, 6.07) is 8.73. The van der Waals surface area contributed by atoms with Crippen LogP contribution < -0.4 is 0 Å². The van der Waals surface area contributed by atoms with Gasteiger partial charge in [0.15, 0.2) is 0 Å². The number of rotatable bonds is 3. The van der Waals surface area contributed by atoms with E-state index in [2.05, 4.69) is 100 Å². The lowest BCUT2D eigenvalue weighted by Crippen LogP contribution is -2.21. The highest BCUT2D eigenvalue weighted by Crippen LogP contribution is 2.34. The summed E-state index contributed by atoms with van der Waals surface area (Å²) in [5, 5.41) is 0. The molecule has 1 aromatic carbocycles. The van der Waals surface area contributed by atoms with Gasteiger partial charge < -0.3 is 0 Å². The second kappa shape index (κ2) is 6.57. The van der Waals surface area contributed by atoms with Crippen molar-refractivity contribution in [2.45, 2.75) is 35.8 Å². The van der Waals surface area contributed by atoms with Gasteiger partial charge >= 0.3 is 0 Å². The summed E-state index contributed by atoms with van der Waals surface area (Å²) in [5.74, 6) is 0.107.